The minimum absolute atomic E-state index is 0.152. The Hall–Kier alpha value is -2.60. The van der Waals surface area contributed by atoms with Crippen LogP contribution in [0.1, 0.15) is 24.6 Å². The predicted molar refractivity (Wildman–Crippen MR) is 95.9 cm³/mol. The number of nitrogens with one attached hydrogen (secondary N) is 1. The maximum Gasteiger partial charge on any atom is 0.306 e. The zero-order valence-corrected chi connectivity index (χ0v) is 14.8. The second-order valence-corrected chi connectivity index (χ2v) is 6.10. The van der Waals surface area contributed by atoms with Crippen molar-refractivity contribution in [3.05, 3.63) is 57.0 Å². The molecule has 2 aromatic heterocycles. The van der Waals surface area contributed by atoms with Crippen molar-refractivity contribution in [2.75, 3.05) is 6.61 Å². The smallest absolute Gasteiger partial charge is 0.306 e. The van der Waals surface area contributed by atoms with Crippen molar-refractivity contribution in [1.82, 2.24) is 14.6 Å². The lowest BCUT2D eigenvalue weighted by molar-refractivity contribution is -0.143. The largest absolute Gasteiger partial charge is 0.466 e. The van der Waals surface area contributed by atoms with Crippen LogP contribution in [-0.4, -0.2) is 27.2 Å². The molecule has 0 aliphatic heterocycles. The number of halogens is 1. The molecule has 25 heavy (non-hydrogen) atoms. The molecule has 7 heteroatoms. The number of ether oxygens (including phenoxy) is 1. The number of benzene rings is 1. The van der Waals surface area contributed by atoms with Crippen LogP contribution in [0, 0.1) is 6.92 Å². The normalized spacial score (nSPS) is 11.0. The summed E-state index contributed by atoms with van der Waals surface area (Å²) in [6.07, 6.45) is 0.449. The van der Waals surface area contributed by atoms with Gasteiger partial charge in [-0.2, -0.15) is 0 Å². The maximum absolute atomic E-state index is 12.7. The minimum Gasteiger partial charge on any atom is -0.466 e. The van der Waals surface area contributed by atoms with Crippen molar-refractivity contribution >= 4 is 23.2 Å². The van der Waals surface area contributed by atoms with E-state index in [1.807, 2.05) is 18.2 Å². The predicted octanol–water partition coefficient (Wildman–Crippen LogP) is 3.15. The van der Waals surface area contributed by atoms with Gasteiger partial charge in [-0.3, -0.25) is 14.7 Å². The first-order valence-electron chi connectivity index (χ1n) is 8.02. The summed E-state index contributed by atoms with van der Waals surface area (Å²) in [7, 11) is 0. The summed E-state index contributed by atoms with van der Waals surface area (Å²) in [6.45, 7) is 3.85. The molecular formula is C18H18ClN3O3. The molecule has 0 saturated heterocycles. The number of aryl methyl sites for hydroxylation is 1. The fourth-order valence-corrected chi connectivity index (χ4v) is 2.91. The minimum atomic E-state index is -0.322. The van der Waals surface area contributed by atoms with E-state index in [9.17, 15) is 9.59 Å². The number of hydrogen-bond donors (Lipinski definition) is 1. The Morgan fingerprint density at radius 1 is 1.36 bits per heavy atom. The third-order valence-electron chi connectivity index (χ3n) is 3.94. The van der Waals surface area contributed by atoms with Crippen molar-refractivity contribution in [2.45, 2.75) is 26.7 Å². The molecule has 0 bridgehead atoms. The Bertz CT molecular complexity index is 991. The second-order valence-electron chi connectivity index (χ2n) is 5.66. The number of nitrogens with zero attached hydrogens (tertiary/aromatic N) is 2. The lowest BCUT2D eigenvalue weighted by Gasteiger charge is -2.05. The number of fused-ring (bicyclic) bond motifs is 1. The van der Waals surface area contributed by atoms with Gasteiger partial charge in [0.1, 0.15) is 0 Å². The zero-order valence-electron chi connectivity index (χ0n) is 14.0. The highest BCUT2D eigenvalue weighted by Gasteiger charge is 2.14. The number of esters is 1. The van der Waals surface area contributed by atoms with Gasteiger partial charge in [0.2, 0.25) is 0 Å². The van der Waals surface area contributed by atoms with Crippen LogP contribution in [0.15, 0.2) is 35.1 Å². The van der Waals surface area contributed by atoms with Gasteiger partial charge in [-0.05, 0) is 32.4 Å². The van der Waals surface area contributed by atoms with Gasteiger partial charge in [0.15, 0.2) is 5.65 Å². The monoisotopic (exact) mass is 359 g/mol. The molecule has 0 spiro atoms. The summed E-state index contributed by atoms with van der Waals surface area (Å²) >= 11 is 6.03. The molecule has 6 nitrogen and oxygen atoms in total. The van der Waals surface area contributed by atoms with Crippen molar-refractivity contribution in [1.29, 1.82) is 0 Å². The van der Waals surface area contributed by atoms with Gasteiger partial charge in [0.25, 0.3) is 5.56 Å². The number of rotatable bonds is 5. The highest BCUT2D eigenvalue weighted by atomic mass is 35.5. The van der Waals surface area contributed by atoms with E-state index in [0.29, 0.717) is 35.0 Å². The second kappa shape index (κ2) is 7.11. The van der Waals surface area contributed by atoms with Crippen molar-refractivity contribution < 1.29 is 9.53 Å². The molecule has 0 radical (unpaired) electrons. The molecule has 2 heterocycles. The number of H-pyrrole nitrogens is 1. The van der Waals surface area contributed by atoms with Crippen LogP contribution in [0.4, 0.5) is 0 Å². The Morgan fingerprint density at radius 3 is 2.88 bits per heavy atom. The average molecular weight is 360 g/mol. The van der Waals surface area contributed by atoms with Crippen molar-refractivity contribution in [3.8, 4) is 11.3 Å². The van der Waals surface area contributed by atoms with E-state index in [4.69, 9.17) is 16.3 Å². The molecule has 130 valence electrons. The Morgan fingerprint density at radius 2 is 2.16 bits per heavy atom. The highest BCUT2D eigenvalue weighted by molar-refractivity contribution is 6.30. The number of carbonyl (C=O) groups excluding carboxylic acids is 1. The quantitative estimate of drug-likeness (QED) is 0.710. The Balaban J connectivity index is 1.99. The van der Waals surface area contributed by atoms with Gasteiger partial charge in [0, 0.05) is 34.3 Å². The molecule has 0 amide bonds. The van der Waals surface area contributed by atoms with Gasteiger partial charge >= 0.3 is 5.97 Å². The number of hydrogen-bond acceptors (Lipinski definition) is 4. The first-order chi connectivity index (χ1) is 12.0. The third-order valence-corrected chi connectivity index (χ3v) is 4.17. The van der Waals surface area contributed by atoms with E-state index < -0.39 is 0 Å². The maximum atomic E-state index is 12.7. The van der Waals surface area contributed by atoms with Gasteiger partial charge in [-0.15, -0.1) is 0 Å². The molecule has 0 fully saturated rings. The zero-order chi connectivity index (χ0) is 18.0. The molecule has 0 saturated carbocycles. The number of aromatic amines is 1. The van der Waals surface area contributed by atoms with Crippen molar-refractivity contribution in [3.63, 3.8) is 0 Å². The fourth-order valence-electron chi connectivity index (χ4n) is 2.72. The summed E-state index contributed by atoms with van der Waals surface area (Å²) < 4.78 is 6.31. The number of aromatic nitrogens is 3. The van der Waals surface area contributed by atoms with Crippen LogP contribution in [0.5, 0.6) is 0 Å². The van der Waals surface area contributed by atoms with E-state index in [1.165, 1.54) is 4.52 Å². The molecule has 0 atom stereocenters. The van der Waals surface area contributed by atoms with Crippen LogP contribution in [-0.2, 0) is 16.0 Å². The van der Waals surface area contributed by atoms with Gasteiger partial charge in [-0.1, -0.05) is 23.7 Å². The lowest BCUT2D eigenvalue weighted by Crippen LogP contribution is -2.22. The van der Waals surface area contributed by atoms with Gasteiger partial charge < -0.3 is 4.74 Å². The average Bonchev–Trinajstić information content (AvgIpc) is 2.99. The summed E-state index contributed by atoms with van der Waals surface area (Å²) in [5, 5.41) is 3.67. The van der Waals surface area contributed by atoms with Gasteiger partial charge in [-0.25, -0.2) is 9.50 Å². The topological polar surface area (TPSA) is 76.5 Å². The van der Waals surface area contributed by atoms with E-state index in [1.54, 1.807) is 26.0 Å². The van der Waals surface area contributed by atoms with E-state index in [-0.39, 0.29) is 17.9 Å². The van der Waals surface area contributed by atoms with Crippen molar-refractivity contribution in [2.24, 2.45) is 0 Å². The first kappa shape index (κ1) is 17.2. The summed E-state index contributed by atoms with van der Waals surface area (Å²) in [5.41, 5.74) is 3.05. The molecule has 1 aromatic carbocycles. The highest BCUT2D eigenvalue weighted by Crippen LogP contribution is 2.22. The molecule has 3 aromatic rings. The summed E-state index contributed by atoms with van der Waals surface area (Å²) in [4.78, 5) is 28.8. The number of carbonyl (C=O) groups is 1. The Labute approximate surface area is 149 Å². The van der Waals surface area contributed by atoms with E-state index >= 15 is 0 Å². The van der Waals surface area contributed by atoms with Crippen LogP contribution in [0.25, 0.3) is 16.9 Å². The van der Waals surface area contributed by atoms with Crippen LogP contribution < -0.4 is 5.56 Å². The fraction of sp³-hybridized carbons (Fsp3) is 0.278. The lowest BCUT2D eigenvalue weighted by atomic mass is 10.1. The van der Waals surface area contributed by atoms with E-state index in [0.717, 1.165) is 11.3 Å². The van der Waals surface area contributed by atoms with E-state index in [2.05, 4.69) is 10.1 Å². The SMILES string of the molecule is CCOC(=O)CCc1c(C)nc2cc(-c3cccc(Cl)c3)[nH]n2c1=O. The van der Waals surface area contributed by atoms with Crippen LogP contribution in [0.3, 0.4) is 0 Å². The first-order valence-corrected chi connectivity index (χ1v) is 8.40. The van der Waals surface area contributed by atoms with Crippen LogP contribution >= 0.6 is 11.6 Å². The third kappa shape index (κ3) is 3.58. The van der Waals surface area contributed by atoms with Gasteiger partial charge in [0.05, 0.1) is 12.3 Å². The standard InChI is InChI=1S/C18H18ClN3O3/c1-3-25-17(23)8-7-14-11(2)20-16-10-15(21-22(16)18(14)24)12-5-4-6-13(19)9-12/h4-6,9-10,21H,3,7-8H2,1-2H3. The molecule has 0 unspecified atom stereocenters. The molecule has 1 N–H and O–H groups in total. The molecule has 0 aliphatic carbocycles. The molecular weight excluding hydrogens is 342 g/mol. The Kier molecular flexibility index (Phi) is 4.90. The van der Waals surface area contributed by atoms with Crippen LogP contribution in [0.2, 0.25) is 5.02 Å². The molecule has 0 aliphatic rings. The summed E-state index contributed by atoms with van der Waals surface area (Å²) in [5.74, 6) is -0.322. The summed E-state index contributed by atoms with van der Waals surface area (Å²) in [6, 6.07) is 9.14. The molecule has 3 rings (SSSR count).